The van der Waals surface area contributed by atoms with Crippen molar-refractivity contribution in [2.45, 2.75) is 19.3 Å². The monoisotopic (exact) mass is 421 g/mol. The molecule has 148 valence electrons. The Labute approximate surface area is 173 Å². The van der Waals surface area contributed by atoms with Crippen LogP contribution >= 0.6 is 23.2 Å². The highest BCUT2D eigenvalue weighted by molar-refractivity contribution is 6.21. The highest BCUT2D eigenvalue weighted by atomic mass is 35.5. The highest BCUT2D eigenvalue weighted by Crippen LogP contribution is 2.34. The van der Waals surface area contributed by atoms with Crippen LogP contribution in [0.1, 0.15) is 13.2 Å². The number of aliphatic hydroxyl groups is 1. The molecule has 0 amide bonds. The SMILES string of the molecule is CC(CCl)(CCl)C(O)C(Oc1ccc(Oc2ccccc2)cc1)n1cncn1. The number of aromatic nitrogens is 3. The molecule has 28 heavy (non-hydrogen) atoms. The van der Waals surface area contributed by atoms with E-state index in [9.17, 15) is 5.11 Å². The van der Waals surface area contributed by atoms with Crippen molar-refractivity contribution < 1.29 is 14.6 Å². The molecule has 0 saturated heterocycles. The largest absolute Gasteiger partial charge is 0.466 e. The molecule has 3 rings (SSSR count). The van der Waals surface area contributed by atoms with Crippen molar-refractivity contribution in [3.63, 3.8) is 0 Å². The Morgan fingerprint density at radius 2 is 1.61 bits per heavy atom. The number of para-hydroxylation sites is 1. The summed E-state index contributed by atoms with van der Waals surface area (Å²) in [4.78, 5) is 3.94. The van der Waals surface area contributed by atoms with E-state index in [1.807, 2.05) is 30.3 Å². The quantitative estimate of drug-likeness (QED) is 0.515. The number of alkyl halides is 2. The van der Waals surface area contributed by atoms with Gasteiger partial charge in [0.1, 0.15) is 36.0 Å². The fourth-order valence-corrected chi connectivity index (χ4v) is 3.10. The van der Waals surface area contributed by atoms with Crippen molar-refractivity contribution in [2.75, 3.05) is 11.8 Å². The van der Waals surface area contributed by atoms with Crippen molar-refractivity contribution in [1.29, 1.82) is 0 Å². The number of hydrogen-bond donors (Lipinski definition) is 1. The molecule has 1 aromatic heterocycles. The zero-order chi connectivity index (χ0) is 20.0. The molecule has 0 radical (unpaired) electrons. The maximum atomic E-state index is 10.9. The fraction of sp³-hybridized carbons (Fsp3) is 0.300. The summed E-state index contributed by atoms with van der Waals surface area (Å²) < 4.78 is 13.2. The number of ether oxygens (including phenoxy) is 2. The van der Waals surface area contributed by atoms with Crippen LogP contribution in [0.25, 0.3) is 0 Å². The Morgan fingerprint density at radius 3 is 2.18 bits per heavy atom. The predicted octanol–water partition coefficient (Wildman–Crippen LogP) is 4.49. The van der Waals surface area contributed by atoms with Gasteiger partial charge >= 0.3 is 0 Å². The number of hydrogen-bond acceptors (Lipinski definition) is 5. The third-order valence-electron chi connectivity index (χ3n) is 4.35. The Balaban J connectivity index is 1.77. The molecule has 1 N–H and O–H groups in total. The molecule has 0 spiro atoms. The Morgan fingerprint density at radius 1 is 1.00 bits per heavy atom. The molecule has 1 heterocycles. The topological polar surface area (TPSA) is 69.4 Å². The summed E-state index contributed by atoms with van der Waals surface area (Å²) in [6, 6.07) is 16.6. The number of halogens is 2. The Kier molecular flexibility index (Phi) is 6.78. The smallest absolute Gasteiger partial charge is 0.219 e. The van der Waals surface area contributed by atoms with Gasteiger partial charge in [-0.15, -0.1) is 23.2 Å². The second-order valence-corrected chi connectivity index (χ2v) is 7.17. The van der Waals surface area contributed by atoms with Crippen LogP contribution in [0, 0.1) is 5.41 Å². The summed E-state index contributed by atoms with van der Waals surface area (Å²) >= 11 is 12.1. The third kappa shape index (κ3) is 4.76. The maximum absolute atomic E-state index is 10.9. The zero-order valence-corrected chi connectivity index (χ0v) is 16.8. The van der Waals surface area contributed by atoms with Crippen molar-refractivity contribution in [3.8, 4) is 17.2 Å². The van der Waals surface area contributed by atoms with Crippen LogP contribution in [0.4, 0.5) is 0 Å². The van der Waals surface area contributed by atoms with Gasteiger partial charge in [0.25, 0.3) is 0 Å². The number of benzene rings is 2. The molecule has 0 aliphatic carbocycles. The van der Waals surface area contributed by atoms with Gasteiger partial charge < -0.3 is 14.6 Å². The lowest BCUT2D eigenvalue weighted by Gasteiger charge is -2.35. The standard InChI is InChI=1S/C20H21Cl2N3O3/c1-20(11-21,12-22)18(26)19(25-14-23-13-24-25)28-17-9-7-16(8-10-17)27-15-5-3-2-4-6-15/h2-10,13-14,18-19,26H,11-12H2,1H3. The zero-order valence-electron chi connectivity index (χ0n) is 15.3. The van der Waals surface area contributed by atoms with Crippen LogP contribution in [-0.4, -0.2) is 37.7 Å². The average molecular weight is 422 g/mol. The minimum atomic E-state index is -1.01. The fourth-order valence-electron chi connectivity index (χ4n) is 2.50. The summed E-state index contributed by atoms with van der Waals surface area (Å²) in [6.45, 7) is 1.79. The van der Waals surface area contributed by atoms with Crippen LogP contribution in [-0.2, 0) is 0 Å². The summed E-state index contributed by atoms with van der Waals surface area (Å²) in [6.07, 6.45) is 0.998. The molecule has 8 heteroatoms. The van der Waals surface area contributed by atoms with E-state index in [1.54, 1.807) is 31.2 Å². The number of nitrogens with zero attached hydrogens (tertiary/aromatic N) is 3. The number of aliphatic hydroxyl groups excluding tert-OH is 1. The van der Waals surface area contributed by atoms with Crippen LogP contribution in [0.15, 0.2) is 67.3 Å². The van der Waals surface area contributed by atoms with Gasteiger partial charge in [-0.25, -0.2) is 9.67 Å². The molecule has 2 unspecified atom stereocenters. The van der Waals surface area contributed by atoms with Gasteiger partial charge in [-0.3, -0.25) is 0 Å². The van der Waals surface area contributed by atoms with E-state index in [0.29, 0.717) is 11.5 Å². The van der Waals surface area contributed by atoms with E-state index in [0.717, 1.165) is 5.75 Å². The molecule has 0 saturated carbocycles. The predicted molar refractivity (Wildman–Crippen MR) is 108 cm³/mol. The average Bonchev–Trinajstić information content (AvgIpc) is 3.27. The van der Waals surface area contributed by atoms with Crippen LogP contribution in [0.5, 0.6) is 17.2 Å². The molecular weight excluding hydrogens is 401 g/mol. The first-order valence-electron chi connectivity index (χ1n) is 8.69. The lowest BCUT2D eigenvalue weighted by atomic mass is 9.87. The molecule has 3 aromatic rings. The minimum absolute atomic E-state index is 0.163. The van der Waals surface area contributed by atoms with E-state index in [-0.39, 0.29) is 11.8 Å². The van der Waals surface area contributed by atoms with Gasteiger partial charge in [-0.1, -0.05) is 25.1 Å². The van der Waals surface area contributed by atoms with E-state index in [4.69, 9.17) is 32.7 Å². The van der Waals surface area contributed by atoms with E-state index < -0.39 is 17.7 Å². The van der Waals surface area contributed by atoms with Gasteiger partial charge in [0.15, 0.2) is 0 Å². The van der Waals surface area contributed by atoms with Crippen molar-refractivity contribution in [3.05, 3.63) is 67.3 Å². The van der Waals surface area contributed by atoms with Crippen LogP contribution in [0.2, 0.25) is 0 Å². The van der Waals surface area contributed by atoms with Gasteiger partial charge in [0.05, 0.1) is 0 Å². The van der Waals surface area contributed by atoms with Gasteiger partial charge in [0.2, 0.25) is 6.23 Å². The first-order chi connectivity index (χ1) is 13.6. The first-order valence-corrected chi connectivity index (χ1v) is 9.76. The lowest BCUT2D eigenvalue weighted by Crippen LogP contribution is -2.44. The number of rotatable bonds is 9. The molecular formula is C20H21Cl2N3O3. The molecule has 0 aliphatic rings. The van der Waals surface area contributed by atoms with E-state index >= 15 is 0 Å². The minimum Gasteiger partial charge on any atom is -0.466 e. The van der Waals surface area contributed by atoms with Gasteiger partial charge in [-0.2, -0.15) is 5.10 Å². The summed E-state index contributed by atoms with van der Waals surface area (Å²) in [5.74, 6) is 2.27. The Hall–Kier alpha value is -2.28. The van der Waals surface area contributed by atoms with E-state index in [2.05, 4.69) is 10.1 Å². The van der Waals surface area contributed by atoms with Crippen LogP contribution in [0.3, 0.4) is 0 Å². The first kappa shape index (κ1) is 20.5. The molecule has 0 fully saturated rings. The van der Waals surface area contributed by atoms with Gasteiger partial charge in [0, 0.05) is 17.2 Å². The van der Waals surface area contributed by atoms with Crippen LogP contribution < -0.4 is 9.47 Å². The summed E-state index contributed by atoms with van der Waals surface area (Å²) in [7, 11) is 0. The molecule has 2 atom stereocenters. The van der Waals surface area contributed by atoms with E-state index in [1.165, 1.54) is 17.3 Å². The second-order valence-electron chi connectivity index (χ2n) is 6.64. The Bertz CT molecular complexity index is 841. The highest BCUT2D eigenvalue weighted by Gasteiger charge is 2.40. The maximum Gasteiger partial charge on any atom is 0.219 e. The second kappa shape index (κ2) is 9.28. The molecule has 0 aliphatic heterocycles. The third-order valence-corrected chi connectivity index (χ3v) is 5.57. The molecule has 6 nitrogen and oxygen atoms in total. The van der Waals surface area contributed by atoms with Gasteiger partial charge in [-0.05, 0) is 36.4 Å². The van der Waals surface area contributed by atoms with Crippen molar-refractivity contribution >= 4 is 23.2 Å². The lowest BCUT2D eigenvalue weighted by molar-refractivity contribution is -0.0706. The molecule has 0 bridgehead atoms. The summed E-state index contributed by atoms with van der Waals surface area (Å²) in [5, 5.41) is 15.0. The van der Waals surface area contributed by atoms with Crippen molar-refractivity contribution in [1.82, 2.24) is 14.8 Å². The normalized spacial score (nSPS) is 13.7. The molecule has 2 aromatic carbocycles. The summed E-state index contributed by atoms with van der Waals surface area (Å²) in [5.41, 5.74) is -0.768. The van der Waals surface area contributed by atoms with Crippen molar-refractivity contribution in [2.24, 2.45) is 5.41 Å².